The van der Waals surface area contributed by atoms with E-state index in [-0.39, 0.29) is 11.5 Å². The van der Waals surface area contributed by atoms with Crippen molar-refractivity contribution in [2.45, 2.75) is 38.5 Å². The second-order valence-electron chi connectivity index (χ2n) is 9.48. The third kappa shape index (κ3) is 5.62. The molecule has 0 aliphatic heterocycles. The Morgan fingerprint density at radius 3 is 1.66 bits per heavy atom. The van der Waals surface area contributed by atoms with Crippen molar-refractivity contribution in [2.75, 3.05) is 0 Å². The molecule has 13 heteroatoms. The Bertz CT molecular complexity index is 1890. The Morgan fingerprint density at radius 1 is 0.634 bits per heavy atom. The molecule has 4 aromatic carbocycles. The van der Waals surface area contributed by atoms with E-state index in [0.29, 0.717) is 6.07 Å². The summed E-state index contributed by atoms with van der Waals surface area (Å²) in [6.07, 6.45) is 0. The van der Waals surface area contributed by atoms with Crippen molar-refractivity contribution in [1.82, 2.24) is 0 Å². The maximum atomic E-state index is 14.6. The molecule has 4 rings (SSSR count). The van der Waals surface area contributed by atoms with Crippen molar-refractivity contribution in [2.24, 2.45) is 0 Å². The number of sulfone groups is 2. The van der Waals surface area contributed by atoms with Crippen LogP contribution in [0.4, 0.5) is 8.78 Å². The highest BCUT2D eigenvalue weighted by Gasteiger charge is 2.59. The van der Waals surface area contributed by atoms with E-state index in [2.05, 4.69) is 0 Å². The second-order valence-corrected chi connectivity index (χ2v) is 15.1. The van der Waals surface area contributed by atoms with Crippen LogP contribution in [-0.2, 0) is 35.2 Å². The minimum absolute atomic E-state index is 0.154. The van der Waals surface area contributed by atoms with Gasteiger partial charge in [0.25, 0.3) is 9.84 Å². The highest BCUT2D eigenvalue weighted by atomic mass is 32.3. The molecule has 0 saturated heterocycles. The summed E-state index contributed by atoms with van der Waals surface area (Å²) in [5.74, 6) is -0.224. The molecule has 0 atom stereocenters. The first-order valence-corrected chi connectivity index (χ1v) is 16.3. The van der Waals surface area contributed by atoms with Crippen LogP contribution in [0.5, 0.6) is 11.5 Å². The molecule has 0 heterocycles. The smallest absolute Gasteiger partial charge is 0.457 e. The van der Waals surface area contributed by atoms with Gasteiger partial charge >= 0.3 is 14.7 Å². The minimum atomic E-state index is -6.51. The number of hydrogen-bond acceptors (Lipinski definition) is 7. The first-order valence-electron chi connectivity index (χ1n) is 11.9. The largest absolute Gasteiger partial charge is 0.474 e. The van der Waals surface area contributed by atoms with Gasteiger partial charge in [0, 0.05) is 11.5 Å². The molecule has 1 N–H and O–H groups in total. The molecule has 0 radical (unpaired) electrons. The van der Waals surface area contributed by atoms with E-state index in [4.69, 9.17) is 9.29 Å². The lowest BCUT2D eigenvalue weighted by Crippen LogP contribution is -2.38. The van der Waals surface area contributed by atoms with Crippen molar-refractivity contribution in [3.8, 4) is 11.5 Å². The molecule has 4 aromatic rings. The Morgan fingerprint density at radius 2 is 1.12 bits per heavy atom. The van der Waals surface area contributed by atoms with Crippen molar-refractivity contribution in [1.29, 1.82) is 0 Å². The molecule has 0 unspecified atom stereocenters. The van der Waals surface area contributed by atoms with Gasteiger partial charge in [-0.2, -0.15) is 17.2 Å². The molecule has 0 bridgehead atoms. The van der Waals surface area contributed by atoms with Gasteiger partial charge in [0.05, 0.1) is 14.7 Å². The van der Waals surface area contributed by atoms with Gasteiger partial charge in [0.2, 0.25) is 9.84 Å². The van der Waals surface area contributed by atoms with Crippen LogP contribution in [0, 0.1) is 0 Å². The number of alkyl halides is 2. The standard InChI is InChI=1S/C28H24F2O8S3/c1-27(2,20-9-5-3-6-10-20)21-13-15-22(16-14-21)38-23-17-18-25(39(31,32)24-11-7-4-8-12-24)26(19-23)40(33,34)28(29,30)41(35,36)37/h3-19H,1-2H3,(H,35,36,37). The zero-order valence-electron chi connectivity index (χ0n) is 21.6. The van der Waals surface area contributed by atoms with Crippen LogP contribution in [0.1, 0.15) is 25.0 Å². The van der Waals surface area contributed by atoms with Crippen LogP contribution < -0.4 is 4.74 Å². The predicted molar refractivity (Wildman–Crippen MR) is 147 cm³/mol. The Labute approximate surface area is 236 Å². The summed E-state index contributed by atoms with van der Waals surface area (Å²) < 4.78 is 113. The Hall–Kier alpha value is -3.65. The average Bonchev–Trinajstić information content (AvgIpc) is 2.93. The van der Waals surface area contributed by atoms with Gasteiger partial charge in [-0.15, -0.1) is 0 Å². The Kier molecular flexibility index (Phi) is 7.86. The molecule has 0 saturated carbocycles. The van der Waals surface area contributed by atoms with Crippen LogP contribution in [0.2, 0.25) is 0 Å². The van der Waals surface area contributed by atoms with Crippen molar-refractivity contribution >= 4 is 29.8 Å². The monoisotopic (exact) mass is 622 g/mol. The maximum Gasteiger partial charge on any atom is 0.474 e. The first kappa shape index (κ1) is 30.3. The lowest BCUT2D eigenvalue weighted by molar-refractivity contribution is 0.166. The molecule has 41 heavy (non-hydrogen) atoms. The van der Waals surface area contributed by atoms with Crippen LogP contribution in [-0.4, -0.2) is 34.4 Å². The Balaban J connectivity index is 1.79. The third-order valence-electron chi connectivity index (χ3n) is 6.47. The summed E-state index contributed by atoms with van der Waals surface area (Å²) in [6, 6.07) is 24.9. The lowest BCUT2D eigenvalue weighted by atomic mass is 9.78. The summed E-state index contributed by atoms with van der Waals surface area (Å²) in [5, 5.41) is 0. The molecule has 216 valence electrons. The predicted octanol–water partition coefficient (Wildman–Crippen LogP) is 5.85. The topological polar surface area (TPSA) is 132 Å². The van der Waals surface area contributed by atoms with Crippen molar-refractivity contribution in [3.63, 3.8) is 0 Å². The van der Waals surface area contributed by atoms with E-state index in [1.165, 1.54) is 18.2 Å². The zero-order chi connectivity index (χ0) is 30.3. The SMILES string of the molecule is CC(C)(c1ccccc1)c1ccc(Oc2ccc(S(=O)(=O)c3ccccc3)c(S(=O)(=O)C(F)(F)S(=O)(=O)O)c2)cc1. The number of hydrogen-bond donors (Lipinski definition) is 1. The molecule has 0 aliphatic carbocycles. The number of rotatable bonds is 9. The second kappa shape index (κ2) is 10.6. The van der Waals surface area contributed by atoms with Gasteiger partial charge in [-0.3, -0.25) is 4.55 Å². The zero-order valence-corrected chi connectivity index (χ0v) is 24.1. The summed E-state index contributed by atoms with van der Waals surface area (Å²) in [6.45, 7) is 4.02. The normalized spacial score (nSPS) is 13.1. The van der Waals surface area contributed by atoms with Gasteiger partial charge in [-0.05, 0) is 47.5 Å². The summed E-state index contributed by atoms with van der Waals surface area (Å²) in [4.78, 5) is -3.13. The quantitative estimate of drug-likeness (QED) is 0.230. The molecule has 8 nitrogen and oxygen atoms in total. The summed E-state index contributed by atoms with van der Waals surface area (Å²) >= 11 is 0. The average molecular weight is 623 g/mol. The molecule has 0 spiro atoms. The van der Waals surface area contributed by atoms with Crippen LogP contribution in [0.25, 0.3) is 0 Å². The number of halogens is 2. The fourth-order valence-corrected chi connectivity index (χ4v) is 8.31. The van der Waals surface area contributed by atoms with Crippen molar-refractivity contribution in [3.05, 3.63) is 114 Å². The molecular formula is C28H24F2O8S3. The highest BCUT2D eigenvalue weighted by molar-refractivity contribution is 8.07. The van der Waals surface area contributed by atoms with Crippen molar-refractivity contribution < 1.29 is 43.3 Å². The van der Waals surface area contributed by atoms with Gasteiger partial charge in [0.15, 0.2) is 0 Å². The van der Waals surface area contributed by atoms with E-state index in [1.54, 1.807) is 24.3 Å². The van der Waals surface area contributed by atoms with Gasteiger partial charge in [0.1, 0.15) is 11.5 Å². The minimum Gasteiger partial charge on any atom is -0.457 e. The summed E-state index contributed by atoms with van der Waals surface area (Å²) in [7, 11) is -17.6. The van der Waals surface area contributed by atoms with Gasteiger partial charge in [-0.25, -0.2) is 16.8 Å². The number of ether oxygens (including phenoxy) is 1. The number of benzene rings is 4. The molecular weight excluding hydrogens is 598 g/mol. The molecule has 0 aliphatic rings. The van der Waals surface area contributed by atoms with E-state index in [9.17, 15) is 34.0 Å². The lowest BCUT2D eigenvalue weighted by Gasteiger charge is -2.26. The van der Waals surface area contributed by atoms with E-state index >= 15 is 0 Å². The van der Waals surface area contributed by atoms with Crippen LogP contribution in [0.15, 0.2) is 118 Å². The van der Waals surface area contributed by atoms with Crippen LogP contribution >= 0.6 is 0 Å². The molecule has 0 aromatic heterocycles. The first-order chi connectivity index (χ1) is 19.0. The van der Waals surface area contributed by atoms with E-state index < -0.39 is 54.5 Å². The fourth-order valence-electron chi connectivity index (χ4n) is 4.07. The van der Waals surface area contributed by atoms with Crippen LogP contribution in [0.3, 0.4) is 0 Å². The highest BCUT2D eigenvalue weighted by Crippen LogP contribution is 2.40. The molecule has 0 amide bonds. The van der Waals surface area contributed by atoms with E-state index in [0.717, 1.165) is 35.4 Å². The van der Waals surface area contributed by atoms with Gasteiger partial charge < -0.3 is 4.74 Å². The van der Waals surface area contributed by atoms with E-state index in [1.807, 2.05) is 44.2 Å². The molecule has 0 fully saturated rings. The third-order valence-corrected chi connectivity index (χ3v) is 11.9. The fraction of sp³-hybridized carbons (Fsp3) is 0.143. The summed E-state index contributed by atoms with van der Waals surface area (Å²) in [5.41, 5.74) is 1.55. The van der Waals surface area contributed by atoms with Gasteiger partial charge in [-0.1, -0.05) is 74.5 Å². The maximum absolute atomic E-state index is 14.6.